The summed E-state index contributed by atoms with van der Waals surface area (Å²) in [6, 6.07) is 0. The first-order valence-corrected chi connectivity index (χ1v) is 5.18. The van der Waals surface area contributed by atoms with Crippen LogP contribution in [0.1, 0.15) is 0 Å². The van der Waals surface area contributed by atoms with Gasteiger partial charge in [0.2, 0.25) is 0 Å². The second kappa shape index (κ2) is 5.57. The molecule has 1 saturated heterocycles. The minimum atomic E-state index is -1.47. The van der Waals surface area contributed by atoms with Crippen LogP contribution in [-0.2, 0) is 9.47 Å². The summed E-state index contributed by atoms with van der Waals surface area (Å²) in [5, 5.41) is 37.5. The Balaban J connectivity index is 2.59. The molecule has 0 spiro atoms. The molecular weight excluding hydrogens is 230 g/mol. The van der Waals surface area contributed by atoms with Gasteiger partial charge in [0.1, 0.15) is 24.4 Å². The molecule has 0 amide bonds. The monoisotopic (exact) mass is 249 g/mol. The van der Waals surface area contributed by atoms with E-state index in [9.17, 15) is 15.3 Å². The third-order valence-corrected chi connectivity index (χ3v) is 2.38. The molecular formula is C10H19NO6. The van der Waals surface area contributed by atoms with E-state index in [1.165, 1.54) is 0 Å². The maximum atomic E-state index is 9.59. The summed E-state index contributed by atoms with van der Waals surface area (Å²) < 4.78 is 10.2. The van der Waals surface area contributed by atoms with Crippen molar-refractivity contribution in [1.29, 1.82) is 0 Å². The molecule has 0 aromatic rings. The Morgan fingerprint density at radius 3 is 2.24 bits per heavy atom. The van der Waals surface area contributed by atoms with Gasteiger partial charge in [0.05, 0.1) is 13.2 Å². The molecule has 0 aliphatic carbocycles. The van der Waals surface area contributed by atoms with E-state index in [0.29, 0.717) is 0 Å². The average Bonchev–Trinajstić information content (AvgIpc) is 2.24. The van der Waals surface area contributed by atoms with Gasteiger partial charge in [0.15, 0.2) is 6.29 Å². The summed E-state index contributed by atoms with van der Waals surface area (Å²) in [6.45, 7) is 6.37. The minimum absolute atomic E-state index is 0.115. The van der Waals surface area contributed by atoms with Crippen molar-refractivity contribution in [3.05, 3.63) is 13.8 Å². The van der Waals surface area contributed by atoms with Crippen molar-refractivity contribution in [2.24, 2.45) is 5.73 Å². The summed E-state index contributed by atoms with van der Waals surface area (Å²) in [5.74, 6) is 0. The summed E-state index contributed by atoms with van der Waals surface area (Å²) in [6.07, 6.45) is -6.50. The first-order chi connectivity index (χ1) is 7.76. The van der Waals surface area contributed by atoms with Crippen molar-refractivity contribution in [3.63, 3.8) is 0 Å². The van der Waals surface area contributed by atoms with E-state index in [-0.39, 0.29) is 6.61 Å². The van der Waals surface area contributed by atoms with Gasteiger partial charge in [-0.2, -0.15) is 0 Å². The summed E-state index contributed by atoms with van der Waals surface area (Å²) in [5.41, 5.74) is 4.37. The van der Waals surface area contributed by atoms with Crippen LogP contribution in [-0.4, -0.2) is 69.9 Å². The van der Waals surface area contributed by atoms with Gasteiger partial charge in [-0.3, -0.25) is 0 Å². The van der Waals surface area contributed by atoms with Crippen LogP contribution in [0.2, 0.25) is 0 Å². The molecule has 0 saturated carbocycles. The number of aliphatic hydroxyl groups excluding tert-OH is 4. The van der Waals surface area contributed by atoms with Crippen LogP contribution in [0, 0.1) is 13.8 Å². The van der Waals surface area contributed by atoms with Crippen LogP contribution in [0.3, 0.4) is 0 Å². The largest absolute Gasteiger partial charge is 0.394 e. The molecule has 5 atom stereocenters. The standard InChI is InChI=1S/C10H19NO6/c1-10(2,11)4-16-9-8(15)7(14)6(13)5(3-12)17-9/h5-9,12-15H,1-4,11H2/t5-,6-,7+,8+,9+/m1/s1. The van der Waals surface area contributed by atoms with Crippen molar-refractivity contribution >= 4 is 0 Å². The van der Waals surface area contributed by atoms with Crippen LogP contribution in [0.15, 0.2) is 0 Å². The Labute approximate surface area is 99.8 Å². The molecule has 1 aliphatic rings. The minimum Gasteiger partial charge on any atom is -0.394 e. The lowest BCUT2D eigenvalue weighted by Crippen LogP contribution is -2.59. The Bertz CT molecular complexity index is 241. The molecule has 7 nitrogen and oxygen atoms in total. The number of ether oxygens (including phenoxy) is 2. The summed E-state index contributed by atoms with van der Waals surface area (Å²) in [7, 11) is 0. The maximum Gasteiger partial charge on any atom is 0.186 e. The van der Waals surface area contributed by atoms with Gasteiger partial charge in [-0.15, -0.1) is 0 Å². The van der Waals surface area contributed by atoms with E-state index >= 15 is 0 Å². The van der Waals surface area contributed by atoms with E-state index in [1.54, 1.807) is 0 Å². The Morgan fingerprint density at radius 2 is 1.76 bits per heavy atom. The van der Waals surface area contributed by atoms with Crippen LogP contribution >= 0.6 is 0 Å². The van der Waals surface area contributed by atoms with Gasteiger partial charge in [-0.25, -0.2) is 0 Å². The molecule has 100 valence electrons. The van der Waals surface area contributed by atoms with E-state index in [0.717, 1.165) is 0 Å². The summed E-state index contributed by atoms with van der Waals surface area (Å²) in [4.78, 5) is 0. The lowest BCUT2D eigenvalue weighted by molar-refractivity contribution is -0.302. The molecule has 1 heterocycles. The molecule has 6 N–H and O–H groups in total. The highest BCUT2D eigenvalue weighted by atomic mass is 16.7. The molecule has 2 radical (unpaired) electrons. The van der Waals surface area contributed by atoms with Crippen LogP contribution in [0.5, 0.6) is 0 Å². The fourth-order valence-electron chi connectivity index (χ4n) is 1.45. The highest BCUT2D eigenvalue weighted by Gasteiger charge is 2.44. The van der Waals surface area contributed by atoms with Crippen LogP contribution in [0.25, 0.3) is 0 Å². The second-order valence-electron chi connectivity index (χ2n) is 4.37. The zero-order valence-electron chi connectivity index (χ0n) is 9.40. The van der Waals surface area contributed by atoms with Crippen molar-refractivity contribution in [2.45, 2.75) is 36.2 Å². The Kier molecular flexibility index (Phi) is 4.85. The fourth-order valence-corrected chi connectivity index (χ4v) is 1.45. The van der Waals surface area contributed by atoms with Gasteiger partial charge in [0.25, 0.3) is 0 Å². The van der Waals surface area contributed by atoms with Gasteiger partial charge in [0, 0.05) is 5.54 Å². The molecule has 0 aromatic heterocycles. The first kappa shape index (κ1) is 14.8. The lowest BCUT2D eigenvalue weighted by Gasteiger charge is -2.40. The van der Waals surface area contributed by atoms with E-state index in [2.05, 4.69) is 13.8 Å². The number of aliphatic hydroxyl groups is 4. The van der Waals surface area contributed by atoms with Crippen molar-refractivity contribution in [1.82, 2.24) is 0 Å². The molecule has 0 unspecified atom stereocenters. The van der Waals surface area contributed by atoms with Crippen molar-refractivity contribution < 1.29 is 29.9 Å². The number of rotatable bonds is 4. The maximum absolute atomic E-state index is 9.59. The third-order valence-electron chi connectivity index (χ3n) is 2.38. The molecule has 1 aliphatic heterocycles. The lowest BCUT2D eigenvalue weighted by atomic mass is 9.99. The van der Waals surface area contributed by atoms with Gasteiger partial charge < -0.3 is 35.6 Å². The molecule has 1 rings (SSSR count). The SMILES string of the molecule is [CH2]C([CH2])(N)CO[C@H]1O[C@H](CO)[C@@H](O)[C@H](O)[C@@H]1O. The van der Waals surface area contributed by atoms with E-state index < -0.39 is 42.9 Å². The zero-order valence-corrected chi connectivity index (χ0v) is 9.40. The van der Waals surface area contributed by atoms with Crippen LogP contribution < -0.4 is 5.73 Å². The van der Waals surface area contributed by atoms with Crippen molar-refractivity contribution in [3.8, 4) is 0 Å². The topological polar surface area (TPSA) is 125 Å². The number of hydrogen-bond acceptors (Lipinski definition) is 7. The predicted molar refractivity (Wildman–Crippen MR) is 57.4 cm³/mol. The van der Waals surface area contributed by atoms with Gasteiger partial charge in [-0.05, 0) is 13.8 Å². The average molecular weight is 249 g/mol. The highest BCUT2D eigenvalue weighted by molar-refractivity contribution is 4.92. The quantitative estimate of drug-likeness (QED) is 0.363. The van der Waals surface area contributed by atoms with Crippen LogP contribution in [0.4, 0.5) is 0 Å². The molecule has 17 heavy (non-hydrogen) atoms. The third kappa shape index (κ3) is 3.85. The van der Waals surface area contributed by atoms with Gasteiger partial charge >= 0.3 is 0 Å². The molecule has 0 bridgehead atoms. The molecule has 0 aromatic carbocycles. The van der Waals surface area contributed by atoms with Crippen molar-refractivity contribution in [2.75, 3.05) is 13.2 Å². The Morgan fingerprint density at radius 1 is 1.18 bits per heavy atom. The van der Waals surface area contributed by atoms with Gasteiger partial charge in [-0.1, -0.05) is 0 Å². The molecule has 7 heteroatoms. The number of nitrogens with two attached hydrogens (primary N) is 1. The molecule has 1 fully saturated rings. The number of hydrogen-bond donors (Lipinski definition) is 5. The van der Waals surface area contributed by atoms with E-state index in [1.807, 2.05) is 0 Å². The normalized spacial score (nSPS) is 39.4. The smallest absolute Gasteiger partial charge is 0.186 e. The Hall–Kier alpha value is -0.280. The highest BCUT2D eigenvalue weighted by Crippen LogP contribution is 2.22. The fraction of sp³-hybridized carbons (Fsp3) is 0.800. The second-order valence-corrected chi connectivity index (χ2v) is 4.37. The predicted octanol–water partition coefficient (Wildman–Crippen LogP) is -2.83. The first-order valence-electron chi connectivity index (χ1n) is 5.18. The van der Waals surface area contributed by atoms with E-state index in [4.69, 9.17) is 20.3 Å². The summed E-state index contributed by atoms with van der Waals surface area (Å²) >= 11 is 0. The zero-order chi connectivity index (χ0) is 13.2.